The van der Waals surface area contributed by atoms with Crippen LogP contribution in [0.15, 0.2) is 56.7 Å². The summed E-state index contributed by atoms with van der Waals surface area (Å²) in [5, 5.41) is 2.65. The van der Waals surface area contributed by atoms with Gasteiger partial charge in [-0.1, -0.05) is 13.0 Å². The van der Waals surface area contributed by atoms with Gasteiger partial charge in [0.15, 0.2) is 11.4 Å². The number of rotatable bonds is 9. The first-order valence-corrected chi connectivity index (χ1v) is 10.3. The van der Waals surface area contributed by atoms with Crippen LogP contribution in [0.5, 0.6) is 0 Å². The number of furan rings is 1. The zero-order valence-electron chi connectivity index (χ0n) is 18.3. The van der Waals surface area contributed by atoms with E-state index in [0.29, 0.717) is 12.1 Å². The van der Waals surface area contributed by atoms with E-state index >= 15 is 0 Å². The fourth-order valence-electron chi connectivity index (χ4n) is 3.27. The third kappa shape index (κ3) is 5.21. The Balaban J connectivity index is 1.99. The van der Waals surface area contributed by atoms with Crippen LogP contribution >= 0.6 is 0 Å². The van der Waals surface area contributed by atoms with Gasteiger partial charge in [-0.2, -0.15) is 0 Å². The molecule has 3 rings (SSSR count). The molecule has 11 heteroatoms. The Kier molecular flexibility index (Phi) is 7.46. The Hall–Kier alpha value is -4.12. The number of anilines is 3. The highest BCUT2D eigenvalue weighted by atomic mass is 16.5. The number of nitrogen functional groups attached to an aromatic ring is 1. The highest BCUT2D eigenvalue weighted by Gasteiger charge is 2.25. The number of amides is 2. The predicted molar refractivity (Wildman–Crippen MR) is 123 cm³/mol. The molecule has 0 saturated heterocycles. The minimum absolute atomic E-state index is 0.00985. The van der Waals surface area contributed by atoms with E-state index in [1.807, 2.05) is 6.92 Å². The minimum atomic E-state index is -0.781. The smallest absolute Gasteiger partial charge is 0.330 e. The van der Waals surface area contributed by atoms with Crippen LogP contribution in [0.4, 0.5) is 17.2 Å². The Labute approximate surface area is 188 Å². The van der Waals surface area contributed by atoms with Crippen LogP contribution < -0.4 is 27.2 Å². The van der Waals surface area contributed by atoms with Crippen LogP contribution in [0.2, 0.25) is 0 Å². The molecule has 174 valence electrons. The highest BCUT2D eigenvalue weighted by Crippen LogP contribution is 2.21. The number of carbonyl (C=O) groups is 2. The second-order valence-corrected chi connectivity index (χ2v) is 7.11. The first-order valence-electron chi connectivity index (χ1n) is 10.3. The Morgan fingerprint density at radius 2 is 2.03 bits per heavy atom. The molecule has 0 aliphatic heterocycles. The third-order valence-electron chi connectivity index (χ3n) is 4.81. The van der Waals surface area contributed by atoms with Gasteiger partial charge in [-0.25, -0.2) is 4.79 Å². The van der Waals surface area contributed by atoms with Crippen molar-refractivity contribution in [2.45, 2.75) is 19.9 Å². The molecule has 11 nitrogen and oxygen atoms in total. The average Bonchev–Trinajstić information content (AvgIpc) is 3.33. The second-order valence-electron chi connectivity index (χ2n) is 7.11. The van der Waals surface area contributed by atoms with Gasteiger partial charge in [0.05, 0.1) is 12.9 Å². The Bertz CT molecular complexity index is 1240. The molecule has 2 heterocycles. The van der Waals surface area contributed by atoms with Crippen molar-refractivity contribution >= 4 is 29.0 Å². The summed E-state index contributed by atoms with van der Waals surface area (Å²) in [6.45, 7) is 2.25. The molecule has 4 N–H and O–H groups in total. The van der Waals surface area contributed by atoms with Crippen LogP contribution in [0.1, 0.15) is 34.3 Å². The molecule has 0 saturated carbocycles. The summed E-state index contributed by atoms with van der Waals surface area (Å²) in [4.78, 5) is 53.9. The number of H-pyrrole nitrogens is 1. The zero-order chi connectivity index (χ0) is 24.0. The van der Waals surface area contributed by atoms with Gasteiger partial charge in [0.1, 0.15) is 5.82 Å². The number of hydrogen-bond acceptors (Lipinski definition) is 7. The molecule has 0 aliphatic carbocycles. The van der Waals surface area contributed by atoms with Crippen LogP contribution in [-0.2, 0) is 11.3 Å². The zero-order valence-corrected chi connectivity index (χ0v) is 18.3. The first-order chi connectivity index (χ1) is 15.9. The summed E-state index contributed by atoms with van der Waals surface area (Å²) in [6.07, 6.45) is 1.97. The summed E-state index contributed by atoms with van der Waals surface area (Å²) in [5.74, 6) is -1.03. The number of hydrogen-bond donors (Lipinski definition) is 3. The molecule has 0 bridgehead atoms. The number of aromatic nitrogens is 2. The van der Waals surface area contributed by atoms with Crippen LogP contribution in [0, 0.1) is 0 Å². The molecule has 0 unspecified atom stereocenters. The molecule has 0 spiro atoms. The van der Waals surface area contributed by atoms with E-state index in [1.165, 1.54) is 36.1 Å². The van der Waals surface area contributed by atoms with E-state index in [-0.39, 0.29) is 42.5 Å². The van der Waals surface area contributed by atoms with Crippen molar-refractivity contribution in [2.24, 2.45) is 0 Å². The maximum absolute atomic E-state index is 13.4. The number of benzene rings is 1. The van der Waals surface area contributed by atoms with Gasteiger partial charge in [-0.3, -0.25) is 28.8 Å². The Morgan fingerprint density at radius 1 is 1.24 bits per heavy atom. The molecule has 33 heavy (non-hydrogen) atoms. The number of aromatic amines is 1. The first kappa shape index (κ1) is 23.5. The maximum Gasteiger partial charge on any atom is 0.330 e. The molecule has 1 aromatic carbocycles. The van der Waals surface area contributed by atoms with Gasteiger partial charge >= 0.3 is 5.69 Å². The molecular weight excluding hydrogens is 430 g/mol. The SMILES string of the molecule is CCCn1c(N)c(N(CCOC)C(=O)c2cccc(NC(=O)c3ccco3)c2)c(=O)[nH]c1=O. The van der Waals surface area contributed by atoms with Crippen molar-refractivity contribution in [1.29, 1.82) is 0 Å². The normalized spacial score (nSPS) is 10.7. The van der Waals surface area contributed by atoms with Gasteiger partial charge in [-0.15, -0.1) is 0 Å². The summed E-state index contributed by atoms with van der Waals surface area (Å²) < 4.78 is 11.4. The van der Waals surface area contributed by atoms with Gasteiger partial charge < -0.3 is 20.2 Å². The number of carbonyl (C=O) groups excluding carboxylic acids is 2. The second kappa shape index (κ2) is 10.5. The van der Waals surface area contributed by atoms with Gasteiger partial charge in [0, 0.05) is 31.5 Å². The van der Waals surface area contributed by atoms with E-state index in [4.69, 9.17) is 14.9 Å². The predicted octanol–water partition coefficient (Wildman–Crippen LogP) is 1.67. The van der Waals surface area contributed by atoms with Crippen LogP contribution in [-0.4, -0.2) is 41.6 Å². The van der Waals surface area contributed by atoms with Crippen molar-refractivity contribution in [2.75, 3.05) is 36.2 Å². The van der Waals surface area contributed by atoms with Crippen LogP contribution in [0.25, 0.3) is 0 Å². The van der Waals surface area contributed by atoms with Crippen molar-refractivity contribution in [3.8, 4) is 0 Å². The number of nitrogens with two attached hydrogens (primary N) is 1. The molecule has 0 fully saturated rings. The van der Waals surface area contributed by atoms with E-state index in [9.17, 15) is 19.2 Å². The number of nitrogens with one attached hydrogen (secondary N) is 2. The number of methoxy groups -OCH3 is 1. The highest BCUT2D eigenvalue weighted by molar-refractivity contribution is 6.08. The quantitative estimate of drug-likeness (QED) is 0.444. The summed E-state index contributed by atoms with van der Waals surface area (Å²) in [6, 6.07) is 9.30. The monoisotopic (exact) mass is 455 g/mol. The number of ether oxygens (including phenoxy) is 1. The van der Waals surface area contributed by atoms with E-state index in [0.717, 1.165) is 4.90 Å². The third-order valence-corrected chi connectivity index (χ3v) is 4.81. The van der Waals surface area contributed by atoms with Gasteiger partial charge in [0.2, 0.25) is 0 Å². The molecule has 2 aromatic heterocycles. The summed E-state index contributed by atoms with van der Waals surface area (Å²) >= 11 is 0. The molecule has 0 atom stereocenters. The van der Waals surface area contributed by atoms with E-state index < -0.39 is 23.1 Å². The standard InChI is InChI=1S/C22H25N5O6/c1-3-9-27-18(23)17(20(29)25-22(27)31)26(10-12-32-2)21(30)14-6-4-7-15(13-14)24-19(28)16-8-5-11-33-16/h4-8,11,13H,3,9-10,12,23H2,1-2H3,(H,24,28)(H,25,29,31). The average molecular weight is 455 g/mol. The summed E-state index contributed by atoms with van der Waals surface area (Å²) in [7, 11) is 1.46. The largest absolute Gasteiger partial charge is 0.459 e. The fourth-order valence-corrected chi connectivity index (χ4v) is 3.27. The van der Waals surface area contributed by atoms with Crippen molar-refractivity contribution in [3.05, 3.63) is 74.8 Å². The lowest BCUT2D eigenvalue weighted by atomic mass is 10.1. The van der Waals surface area contributed by atoms with Gasteiger partial charge in [0.25, 0.3) is 17.4 Å². The fraction of sp³-hybridized carbons (Fsp3) is 0.273. The Morgan fingerprint density at radius 3 is 2.70 bits per heavy atom. The number of nitrogens with zero attached hydrogens (tertiary/aromatic N) is 2. The van der Waals surface area contributed by atoms with Crippen molar-refractivity contribution in [1.82, 2.24) is 9.55 Å². The lowest BCUT2D eigenvalue weighted by Crippen LogP contribution is -2.42. The van der Waals surface area contributed by atoms with Crippen molar-refractivity contribution < 1.29 is 18.7 Å². The lowest BCUT2D eigenvalue weighted by molar-refractivity contribution is 0.0972. The minimum Gasteiger partial charge on any atom is -0.459 e. The topological polar surface area (TPSA) is 153 Å². The molecule has 2 amide bonds. The van der Waals surface area contributed by atoms with E-state index in [2.05, 4.69) is 10.3 Å². The van der Waals surface area contributed by atoms with Crippen LogP contribution in [0.3, 0.4) is 0 Å². The molecule has 0 aliphatic rings. The van der Waals surface area contributed by atoms with E-state index in [1.54, 1.807) is 18.2 Å². The van der Waals surface area contributed by atoms with Crippen molar-refractivity contribution in [3.63, 3.8) is 0 Å². The van der Waals surface area contributed by atoms with Gasteiger partial charge in [-0.05, 0) is 36.8 Å². The molecule has 3 aromatic rings. The lowest BCUT2D eigenvalue weighted by Gasteiger charge is -2.24. The summed E-state index contributed by atoms with van der Waals surface area (Å²) in [5.41, 5.74) is 5.12. The molecular formula is C22H25N5O6. The molecule has 0 radical (unpaired) electrons. The maximum atomic E-state index is 13.4.